The average Bonchev–Trinajstić information content (AvgIpc) is 2.94. The highest BCUT2D eigenvalue weighted by molar-refractivity contribution is 9.11. The molecule has 2 rings (SSSR count). The molecule has 1 saturated heterocycles. The average molecular weight is 322 g/mol. The van der Waals surface area contributed by atoms with Gasteiger partial charge in [-0.05, 0) is 24.6 Å². The van der Waals surface area contributed by atoms with E-state index in [1.54, 1.807) is 0 Å². The van der Waals surface area contributed by atoms with E-state index in [4.69, 9.17) is 9.47 Å². The second kappa shape index (κ2) is 4.21. The highest BCUT2D eigenvalue weighted by Gasteiger charge is 2.23. The summed E-state index contributed by atoms with van der Waals surface area (Å²) < 4.78 is 12.7. The molecule has 0 bridgehead atoms. The van der Waals surface area contributed by atoms with Gasteiger partial charge in [0, 0.05) is 8.95 Å². The molecular weight excluding hydrogens is 312 g/mol. The first-order valence-corrected chi connectivity index (χ1v) is 5.95. The Bertz CT molecular complexity index is 325. The molecule has 1 aromatic rings. The Kier molecular flexibility index (Phi) is 3.14. The lowest BCUT2D eigenvalue weighted by molar-refractivity contribution is 0.263. The molecule has 0 radical (unpaired) electrons. The Morgan fingerprint density at radius 2 is 2.00 bits per heavy atom. The zero-order chi connectivity index (χ0) is 10.1. The van der Waals surface area contributed by atoms with E-state index in [2.05, 4.69) is 31.9 Å². The van der Waals surface area contributed by atoms with Crippen molar-refractivity contribution >= 4 is 31.9 Å². The Morgan fingerprint density at radius 1 is 1.43 bits per heavy atom. The van der Waals surface area contributed by atoms with Gasteiger partial charge < -0.3 is 9.47 Å². The highest BCUT2D eigenvalue weighted by atomic mass is 79.9. The van der Waals surface area contributed by atoms with E-state index in [9.17, 15) is 0 Å². The van der Waals surface area contributed by atoms with Crippen LogP contribution in [0, 0.1) is 6.92 Å². The molecule has 1 fully saturated rings. The van der Waals surface area contributed by atoms with Crippen molar-refractivity contribution in [2.24, 2.45) is 0 Å². The van der Waals surface area contributed by atoms with Gasteiger partial charge in [-0.3, -0.25) is 0 Å². The third-order valence-electron chi connectivity index (χ3n) is 2.09. The normalized spacial score (nSPS) is 19.5. The smallest absolute Gasteiger partial charge is 0.121 e. The van der Waals surface area contributed by atoms with E-state index < -0.39 is 0 Å². The predicted molar refractivity (Wildman–Crippen MR) is 61.8 cm³/mol. The fourth-order valence-electron chi connectivity index (χ4n) is 1.06. The monoisotopic (exact) mass is 320 g/mol. The van der Waals surface area contributed by atoms with Crippen LogP contribution in [0.4, 0.5) is 0 Å². The zero-order valence-electron chi connectivity index (χ0n) is 7.72. The van der Waals surface area contributed by atoms with E-state index in [0.29, 0.717) is 12.7 Å². The van der Waals surface area contributed by atoms with Crippen molar-refractivity contribution in [3.63, 3.8) is 0 Å². The summed E-state index contributed by atoms with van der Waals surface area (Å²) in [7, 11) is 0. The summed E-state index contributed by atoms with van der Waals surface area (Å²) in [6.45, 7) is 3.51. The summed E-state index contributed by atoms with van der Waals surface area (Å²) in [6.07, 6.45) is 0.300. The second-order valence-electron chi connectivity index (χ2n) is 3.28. The van der Waals surface area contributed by atoms with Crippen LogP contribution in [0.2, 0.25) is 0 Å². The molecule has 0 aliphatic carbocycles. The van der Waals surface area contributed by atoms with Crippen LogP contribution in [0.3, 0.4) is 0 Å². The summed E-state index contributed by atoms with van der Waals surface area (Å²) in [6, 6.07) is 3.95. The number of benzene rings is 1. The van der Waals surface area contributed by atoms with Crippen LogP contribution in [-0.4, -0.2) is 19.3 Å². The summed E-state index contributed by atoms with van der Waals surface area (Å²) in [5, 5.41) is 0. The van der Waals surface area contributed by atoms with Crippen LogP contribution in [0.5, 0.6) is 5.75 Å². The van der Waals surface area contributed by atoms with Gasteiger partial charge in [0.1, 0.15) is 18.5 Å². The topological polar surface area (TPSA) is 21.8 Å². The minimum atomic E-state index is 0.300. The standard InChI is InChI=1S/C10H10Br2O2/c1-6-9(11)2-7(3-10(6)12)13-4-8-5-14-8/h2-3,8H,4-5H2,1H3. The summed E-state index contributed by atoms with van der Waals surface area (Å²) >= 11 is 6.96. The molecule has 0 aromatic heterocycles. The molecule has 76 valence electrons. The predicted octanol–water partition coefficient (Wildman–Crippen LogP) is 3.30. The molecule has 1 aromatic carbocycles. The van der Waals surface area contributed by atoms with Gasteiger partial charge >= 0.3 is 0 Å². The second-order valence-corrected chi connectivity index (χ2v) is 4.99. The van der Waals surface area contributed by atoms with Crippen LogP contribution >= 0.6 is 31.9 Å². The van der Waals surface area contributed by atoms with Crippen LogP contribution in [-0.2, 0) is 4.74 Å². The summed E-state index contributed by atoms with van der Waals surface area (Å²) in [4.78, 5) is 0. The van der Waals surface area contributed by atoms with Crippen molar-refractivity contribution in [2.45, 2.75) is 13.0 Å². The SMILES string of the molecule is Cc1c(Br)cc(OCC2CO2)cc1Br. The van der Waals surface area contributed by atoms with E-state index in [1.165, 1.54) is 5.56 Å². The van der Waals surface area contributed by atoms with E-state index in [-0.39, 0.29) is 0 Å². The van der Waals surface area contributed by atoms with Gasteiger partial charge in [0.25, 0.3) is 0 Å². The number of rotatable bonds is 3. The third kappa shape index (κ3) is 2.49. The first-order chi connectivity index (χ1) is 6.66. The Balaban J connectivity index is 2.08. The van der Waals surface area contributed by atoms with Gasteiger partial charge in [-0.1, -0.05) is 31.9 Å². The summed E-state index contributed by atoms with van der Waals surface area (Å²) in [5.74, 6) is 0.866. The van der Waals surface area contributed by atoms with Crippen molar-refractivity contribution in [3.8, 4) is 5.75 Å². The number of hydrogen-bond acceptors (Lipinski definition) is 2. The summed E-state index contributed by atoms with van der Waals surface area (Å²) in [5.41, 5.74) is 1.18. The largest absolute Gasteiger partial charge is 0.491 e. The lowest BCUT2D eigenvalue weighted by atomic mass is 10.2. The molecule has 0 saturated carbocycles. The van der Waals surface area contributed by atoms with E-state index in [1.807, 2.05) is 19.1 Å². The molecule has 1 aliphatic heterocycles. The van der Waals surface area contributed by atoms with Crippen molar-refractivity contribution in [1.29, 1.82) is 0 Å². The fourth-order valence-corrected chi connectivity index (χ4v) is 2.20. The number of hydrogen-bond donors (Lipinski definition) is 0. The number of epoxide rings is 1. The maximum Gasteiger partial charge on any atom is 0.121 e. The van der Waals surface area contributed by atoms with Crippen LogP contribution in [0.1, 0.15) is 5.56 Å². The van der Waals surface area contributed by atoms with Crippen molar-refractivity contribution in [3.05, 3.63) is 26.6 Å². The van der Waals surface area contributed by atoms with Crippen LogP contribution in [0.15, 0.2) is 21.1 Å². The molecule has 1 aliphatic rings. The van der Waals surface area contributed by atoms with Gasteiger partial charge in [-0.15, -0.1) is 0 Å². The first-order valence-electron chi connectivity index (χ1n) is 4.37. The molecule has 0 amide bonds. The minimum Gasteiger partial charge on any atom is -0.491 e. The van der Waals surface area contributed by atoms with Crippen molar-refractivity contribution < 1.29 is 9.47 Å². The quantitative estimate of drug-likeness (QED) is 0.797. The highest BCUT2D eigenvalue weighted by Crippen LogP contribution is 2.30. The Hall–Kier alpha value is -0.0600. The molecule has 0 N–H and O–H groups in total. The lowest BCUT2D eigenvalue weighted by Crippen LogP contribution is -2.04. The zero-order valence-corrected chi connectivity index (χ0v) is 10.9. The maximum atomic E-state index is 5.56. The van der Waals surface area contributed by atoms with Crippen LogP contribution < -0.4 is 4.74 Å². The van der Waals surface area contributed by atoms with Gasteiger partial charge in [0.05, 0.1) is 6.61 Å². The molecule has 0 spiro atoms. The first kappa shape index (κ1) is 10.5. The van der Waals surface area contributed by atoms with Crippen molar-refractivity contribution in [2.75, 3.05) is 13.2 Å². The molecular formula is C10H10Br2O2. The Labute approximate surface area is 99.8 Å². The molecule has 14 heavy (non-hydrogen) atoms. The third-order valence-corrected chi connectivity index (χ3v) is 3.74. The van der Waals surface area contributed by atoms with Crippen molar-refractivity contribution in [1.82, 2.24) is 0 Å². The fraction of sp³-hybridized carbons (Fsp3) is 0.400. The van der Waals surface area contributed by atoms with Gasteiger partial charge in [0.2, 0.25) is 0 Å². The number of ether oxygens (including phenoxy) is 2. The van der Waals surface area contributed by atoms with E-state index >= 15 is 0 Å². The molecule has 1 atom stereocenters. The van der Waals surface area contributed by atoms with Gasteiger partial charge in [-0.25, -0.2) is 0 Å². The number of halogens is 2. The van der Waals surface area contributed by atoms with E-state index in [0.717, 1.165) is 21.3 Å². The molecule has 4 heteroatoms. The molecule has 1 unspecified atom stereocenters. The van der Waals surface area contributed by atoms with Crippen LogP contribution in [0.25, 0.3) is 0 Å². The van der Waals surface area contributed by atoms with Gasteiger partial charge in [-0.2, -0.15) is 0 Å². The minimum absolute atomic E-state index is 0.300. The molecule has 2 nitrogen and oxygen atoms in total. The lowest BCUT2D eigenvalue weighted by Gasteiger charge is -2.08. The maximum absolute atomic E-state index is 5.56. The Morgan fingerprint density at radius 3 is 2.50 bits per heavy atom. The van der Waals surface area contributed by atoms with Gasteiger partial charge in [0.15, 0.2) is 0 Å². The molecule has 1 heterocycles.